The van der Waals surface area contributed by atoms with Crippen molar-refractivity contribution in [1.29, 1.82) is 0 Å². The van der Waals surface area contributed by atoms with E-state index in [1.807, 2.05) is 50.4 Å². The topological polar surface area (TPSA) is 59.1 Å². The molecule has 2 bridgehead atoms. The molecule has 3 aromatic carbocycles. The zero-order chi connectivity index (χ0) is 29.8. The monoisotopic (exact) mass is 574 g/mol. The summed E-state index contributed by atoms with van der Waals surface area (Å²) < 4.78 is 13.5. The molecule has 6 nitrogen and oxygen atoms in total. The van der Waals surface area contributed by atoms with Crippen LogP contribution in [0.25, 0.3) is 0 Å². The predicted octanol–water partition coefficient (Wildman–Crippen LogP) is 4.84. The van der Waals surface area contributed by atoms with Crippen LogP contribution in [0.4, 0.5) is 0 Å². The summed E-state index contributed by atoms with van der Waals surface area (Å²) in [4.78, 5) is 30.8. The minimum absolute atomic E-state index is 0.0314. The minimum atomic E-state index is -0.730. The van der Waals surface area contributed by atoms with Gasteiger partial charge in [0.2, 0.25) is 0 Å². The highest BCUT2D eigenvalue weighted by Gasteiger charge is 2.75. The Kier molecular flexibility index (Phi) is 6.82. The van der Waals surface area contributed by atoms with E-state index in [0.29, 0.717) is 12.8 Å². The zero-order valence-corrected chi connectivity index (χ0v) is 25.1. The fraction of sp³-hybridized carbons (Fsp3) is 0.405. The number of benzene rings is 3. The fourth-order valence-electron chi connectivity index (χ4n) is 8.68. The summed E-state index contributed by atoms with van der Waals surface area (Å²) in [7, 11) is 1.84. The quantitative estimate of drug-likeness (QED) is 0.323. The molecule has 0 radical (unpaired) electrons. The summed E-state index contributed by atoms with van der Waals surface area (Å²) in [6, 6.07) is 24.6. The number of amides is 1. The van der Waals surface area contributed by atoms with Crippen LogP contribution in [0.3, 0.4) is 0 Å². The molecule has 1 spiro atoms. The Hall–Kier alpha value is -4.08. The van der Waals surface area contributed by atoms with Gasteiger partial charge < -0.3 is 14.4 Å². The molecule has 43 heavy (non-hydrogen) atoms. The average Bonchev–Trinajstić information content (AvgIpc) is 3.34. The first-order chi connectivity index (χ1) is 20.8. The molecule has 0 unspecified atom stereocenters. The van der Waals surface area contributed by atoms with Gasteiger partial charge in [0, 0.05) is 37.6 Å². The van der Waals surface area contributed by atoms with Crippen LogP contribution in [0.15, 0.2) is 72.8 Å². The van der Waals surface area contributed by atoms with Crippen LogP contribution in [0, 0.1) is 18.8 Å². The molecule has 2 aliphatic carbocycles. The molecule has 6 heteroatoms. The van der Waals surface area contributed by atoms with Crippen molar-refractivity contribution in [3.63, 3.8) is 0 Å². The molecule has 3 aromatic rings. The zero-order valence-electron chi connectivity index (χ0n) is 25.1. The molecular formula is C37H38N2O4. The molecule has 0 aromatic heterocycles. The van der Waals surface area contributed by atoms with E-state index in [-0.39, 0.29) is 30.1 Å². The van der Waals surface area contributed by atoms with Gasteiger partial charge in [-0.05, 0) is 80.5 Å². The van der Waals surface area contributed by atoms with Gasteiger partial charge in [-0.3, -0.25) is 14.5 Å². The molecule has 1 saturated carbocycles. The van der Waals surface area contributed by atoms with Crippen LogP contribution in [-0.4, -0.2) is 65.6 Å². The first-order valence-corrected chi connectivity index (χ1v) is 15.4. The van der Waals surface area contributed by atoms with E-state index in [1.54, 1.807) is 4.90 Å². The van der Waals surface area contributed by atoms with Gasteiger partial charge in [-0.25, -0.2) is 0 Å². The molecular weight excluding hydrogens is 536 g/mol. The number of likely N-dealkylation sites (N-methyl/N-ethyl adjacent to an activating group) is 1. The second kappa shape index (κ2) is 10.6. The van der Waals surface area contributed by atoms with Gasteiger partial charge in [0.15, 0.2) is 0 Å². The number of carbonyl (C=O) groups excluding carboxylic acids is 2. The summed E-state index contributed by atoms with van der Waals surface area (Å²) in [6.07, 6.45) is 3.55. The lowest BCUT2D eigenvalue weighted by atomic mass is 9.48. The van der Waals surface area contributed by atoms with Gasteiger partial charge >= 0.3 is 5.97 Å². The number of carbonyl (C=O) groups is 2. The number of ether oxygens (including phenoxy) is 2. The number of aryl methyl sites for hydroxylation is 1. The van der Waals surface area contributed by atoms with Crippen LogP contribution in [0.5, 0.6) is 5.75 Å². The number of rotatable bonds is 5. The third-order valence-corrected chi connectivity index (χ3v) is 10.4. The number of esters is 1. The Morgan fingerprint density at radius 3 is 2.67 bits per heavy atom. The number of nitrogens with zero attached hydrogens (tertiary/aromatic N) is 2. The van der Waals surface area contributed by atoms with Crippen molar-refractivity contribution in [3.8, 4) is 17.6 Å². The molecule has 0 N–H and O–H groups in total. The van der Waals surface area contributed by atoms with E-state index in [4.69, 9.17) is 9.47 Å². The van der Waals surface area contributed by atoms with E-state index in [9.17, 15) is 9.59 Å². The second-order valence-electron chi connectivity index (χ2n) is 12.7. The van der Waals surface area contributed by atoms with Crippen LogP contribution in [0.2, 0.25) is 0 Å². The van der Waals surface area contributed by atoms with Gasteiger partial charge in [-0.1, -0.05) is 60.5 Å². The Morgan fingerprint density at radius 1 is 1.07 bits per heavy atom. The lowest BCUT2D eigenvalue weighted by Crippen LogP contribution is -2.79. The average molecular weight is 575 g/mol. The van der Waals surface area contributed by atoms with Gasteiger partial charge in [-0.15, -0.1) is 0 Å². The van der Waals surface area contributed by atoms with Crippen molar-refractivity contribution >= 4 is 11.9 Å². The first-order valence-electron chi connectivity index (χ1n) is 15.4. The van der Waals surface area contributed by atoms with E-state index in [1.165, 1.54) is 23.6 Å². The Morgan fingerprint density at radius 2 is 1.88 bits per heavy atom. The van der Waals surface area contributed by atoms with Gasteiger partial charge in [-0.2, -0.15) is 0 Å². The second-order valence-corrected chi connectivity index (χ2v) is 12.7. The van der Waals surface area contributed by atoms with Crippen LogP contribution in [0.1, 0.15) is 54.0 Å². The predicted molar refractivity (Wildman–Crippen MR) is 165 cm³/mol. The molecule has 7 rings (SSSR count). The Balaban J connectivity index is 1.26. The van der Waals surface area contributed by atoms with E-state index in [0.717, 1.165) is 49.2 Å². The van der Waals surface area contributed by atoms with Crippen molar-refractivity contribution < 1.29 is 19.1 Å². The highest BCUT2D eigenvalue weighted by Crippen LogP contribution is 2.65. The third-order valence-electron chi connectivity index (χ3n) is 10.4. The normalized spacial score (nSPS) is 28.1. The number of hydrogen-bond donors (Lipinski definition) is 0. The largest absolute Gasteiger partial charge is 0.487 e. The minimum Gasteiger partial charge on any atom is -0.487 e. The van der Waals surface area contributed by atoms with Crippen molar-refractivity contribution in [1.82, 2.24) is 9.80 Å². The standard InChI is InChI=1S/C37H38N2O4/c1-25-9-7-12-28(23-25)15-16-33(41)38(3)30-17-19-37(43-26(2)40)32-24-29-13-8-14-31-34(29)36(37,35(30)42-31)20-22-39(32)21-18-27-10-5-4-6-11-27/h4-14,23,30,32,35H,17-22,24H2,1-3H3/t30-,32+,35-,36-,37+/m0/s1. The molecule has 2 aliphatic heterocycles. The van der Waals surface area contributed by atoms with Gasteiger partial charge in [0.1, 0.15) is 17.5 Å². The molecule has 1 saturated heterocycles. The molecule has 4 aliphatic rings. The maximum absolute atomic E-state index is 13.5. The first kappa shape index (κ1) is 27.7. The van der Waals surface area contributed by atoms with Crippen LogP contribution in [-0.2, 0) is 32.6 Å². The van der Waals surface area contributed by atoms with Crippen LogP contribution < -0.4 is 4.74 Å². The molecule has 2 heterocycles. The maximum Gasteiger partial charge on any atom is 0.303 e. The lowest BCUT2D eigenvalue weighted by Gasteiger charge is -2.65. The number of likely N-dealkylation sites (tertiary alicyclic amines) is 1. The molecule has 220 valence electrons. The summed E-state index contributed by atoms with van der Waals surface area (Å²) in [5.41, 5.74) is 4.44. The lowest BCUT2D eigenvalue weighted by molar-refractivity contribution is -0.223. The number of hydrogen-bond acceptors (Lipinski definition) is 5. The van der Waals surface area contributed by atoms with E-state index in [2.05, 4.69) is 53.1 Å². The molecule has 2 fully saturated rings. The highest BCUT2D eigenvalue weighted by atomic mass is 16.6. The summed E-state index contributed by atoms with van der Waals surface area (Å²) >= 11 is 0. The SMILES string of the molecule is CC(=O)O[C@@]12CC[C@H](N(C)C(=O)C#Cc3cccc(C)c3)[C@@H]3Oc4cccc5c4[C@@]31CCN(CCc1ccccc1)[C@@H]2C5. The van der Waals surface area contributed by atoms with E-state index < -0.39 is 11.0 Å². The van der Waals surface area contributed by atoms with Crippen molar-refractivity contribution in [2.24, 2.45) is 0 Å². The summed E-state index contributed by atoms with van der Waals surface area (Å²) in [5.74, 6) is 6.33. The Bertz CT molecular complexity index is 1640. The van der Waals surface area contributed by atoms with Crippen molar-refractivity contribution in [2.45, 2.75) is 75.2 Å². The number of piperidine rings is 1. The van der Waals surface area contributed by atoms with Crippen LogP contribution >= 0.6 is 0 Å². The fourth-order valence-corrected chi connectivity index (χ4v) is 8.68. The smallest absolute Gasteiger partial charge is 0.303 e. The van der Waals surface area contributed by atoms with Crippen molar-refractivity contribution in [3.05, 3.63) is 101 Å². The summed E-state index contributed by atoms with van der Waals surface area (Å²) in [6.45, 7) is 5.32. The van der Waals surface area contributed by atoms with Gasteiger partial charge in [0.05, 0.1) is 17.5 Å². The van der Waals surface area contributed by atoms with E-state index >= 15 is 0 Å². The summed E-state index contributed by atoms with van der Waals surface area (Å²) in [5, 5.41) is 0. The van der Waals surface area contributed by atoms with Gasteiger partial charge in [0.25, 0.3) is 5.91 Å². The maximum atomic E-state index is 13.5. The molecule has 1 amide bonds. The molecule has 5 atom stereocenters. The third kappa shape index (κ3) is 4.36. The Labute approximate surface area is 254 Å². The highest BCUT2D eigenvalue weighted by molar-refractivity contribution is 5.94. The van der Waals surface area contributed by atoms with Crippen molar-refractivity contribution in [2.75, 3.05) is 20.1 Å².